The second kappa shape index (κ2) is 12.0. The number of nitrogens with one attached hydrogen (secondary N) is 1. The minimum Gasteiger partial charge on any atom is -0.383 e. The van der Waals surface area contributed by atoms with Crippen LogP contribution in [0.5, 0.6) is 0 Å². The number of aromatic nitrogens is 2. The van der Waals surface area contributed by atoms with E-state index in [1.54, 1.807) is 31.4 Å². The second-order valence-corrected chi connectivity index (χ2v) is 10.2. The molecule has 3 aromatic carbocycles. The van der Waals surface area contributed by atoms with Crippen molar-refractivity contribution in [2.24, 2.45) is 5.92 Å². The zero-order valence-corrected chi connectivity index (χ0v) is 22.6. The van der Waals surface area contributed by atoms with Crippen molar-refractivity contribution in [1.29, 1.82) is 0 Å². The third-order valence-electron chi connectivity index (χ3n) is 7.52. The molecule has 1 N–H and O–H groups in total. The molecule has 9 heteroatoms. The number of nitrogens with zero attached hydrogens (tertiary/aromatic N) is 3. The Morgan fingerprint density at radius 2 is 1.70 bits per heavy atom. The number of aryl methyl sites for hydroxylation is 1. The van der Waals surface area contributed by atoms with Crippen molar-refractivity contribution in [3.05, 3.63) is 89.1 Å². The van der Waals surface area contributed by atoms with Crippen molar-refractivity contribution in [1.82, 2.24) is 20.0 Å². The molecule has 0 radical (unpaired) electrons. The van der Waals surface area contributed by atoms with Crippen LogP contribution in [0, 0.1) is 24.5 Å². The van der Waals surface area contributed by atoms with Crippen molar-refractivity contribution < 1.29 is 23.1 Å². The van der Waals surface area contributed by atoms with Gasteiger partial charge in [0.25, 0.3) is 11.8 Å². The second-order valence-electron chi connectivity index (χ2n) is 10.2. The molecule has 1 aliphatic rings. The Balaban J connectivity index is 1.18. The smallest absolute Gasteiger partial charge is 0.253 e. The zero-order chi connectivity index (χ0) is 28.2. The largest absolute Gasteiger partial charge is 0.383 e. The average molecular weight is 547 g/mol. The van der Waals surface area contributed by atoms with Crippen LogP contribution in [0.4, 0.5) is 8.78 Å². The lowest BCUT2D eigenvalue weighted by atomic mass is 9.96. The molecule has 7 nitrogen and oxygen atoms in total. The summed E-state index contributed by atoms with van der Waals surface area (Å²) in [5, 5.41) is 8.55. The minimum atomic E-state index is -0.637. The van der Waals surface area contributed by atoms with Crippen molar-refractivity contribution in [3.8, 4) is 11.1 Å². The van der Waals surface area contributed by atoms with Crippen molar-refractivity contribution in [2.45, 2.75) is 26.3 Å². The first-order valence-corrected chi connectivity index (χ1v) is 13.4. The maximum atomic E-state index is 13.6. The highest BCUT2D eigenvalue weighted by atomic mass is 19.1. The summed E-state index contributed by atoms with van der Waals surface area (Å²) in [6.45, 7) is 4.88. The predicted octanol–water partition coefficient (Wildman–Crippen LogP) is 5.22. The molecule has 0 spiro atoms. The van der Waals surface area contributed by atoms with E-state index in [0.717, 1.165) is 41.9 Å². The van der Waals surface area contributed by atoms with E-state index in [9.17, 15) is 18.4 Å². The summed E-state index contributed by atoms with van der Waals surface area (Å²) in [7, 11) is 1.60. The number of fused-ring (bicyclic) bond motifs is 1. The van der Waals surface area contributed by atoms with Gasteiger partial charge in [-0.2, -0.15) is 5.10 Å². The van der Waals surface area contributed by atoms with E-state index in [0.29, 0.717) is 54.4 Å². The van der Waals surface area contributed by atoms with Crippen LogP contribution in [0.2, 0.25) is 0 Å². The Labute approximate surface area is 231 Å². The van der Waals surface area contributed by atoms with Gasteiger partial charge in [-0.05, 0) is 78.8 Å². The highest BCUT2D eigenvalue weighted by Gasteiger charge is 2.24. The quantitative estimate of drug-likeness (QED) is 0.308. The fourth-order valence-corrected chi connectivity index (χ4v) is 5.27. The third kappa shape index (κ3) is 6.04. The number of piperidine rings is 1. The van der Waals surface area contributed by atoms with Crippen LogP contribution in [0.3, 0.4) is 0 Å². The number of carbonyl (C=O) groups is 2. The van der Waals surface area contributed by atoms with Gasteiger partial charge in [-0.3, -0.25) is 14.3 Å². The maximum absolute atomic E-state index is 13.6. The number of amides is 2. The normalized spacial score (nSPS) is 14.1. The molecule has 5 rings (SSSR count). The lowest BCUT2D eigenvalue weighted by molar-refractivity contribution is 0.0681. The molecule has 0 aliphatic carbocycles. The Morgan fingerprint density at radius 1 is 1.00 bits per heavy atom. The van der Waals surface area contributed by atoms with Crippen molar-refractivity contribution in [2.75, 3.05) is 33.4 Å². The number of hydrogen-bond donors (Lipinski definition) is 1. The van der Waals surface area contributed by atoms with E-state index in [4.69, 9.17) is 9.84 Å². The number of methoxy groups -OCH3 is 1. The van der Waals surface area contributed by atoms with E-state index >= 15 is 0 Å². The molecule has 2 heterocycles. The molecule has 208 valence electrons. The highest BCUT2D eigenvalue weighted by Crippen LogP contribution is 2.26. The fraction of sp³-hybridized carbons (Fsp3) is 0.323. The molecule has 0 atom stereocenters. The summed E-state index contributed by atoms with van der Waals surface area (Å²) < 4.78 is 34.1. The molecule has 40 heavy (non-hydrogen) atoms. The van der Waals surface area contributed by atoms with Crippen molar-refractivity contribution >= 4 is 22.7 Å². The SMILES string of the molecule is COCCNC(=O)c1ccc2nn(CC3CCN(C(=O)c4ccc(-c5cc(F)cc(F)c5)cc4)CC3)cc2c1C. The summed E-state index contributed by atoms with van der Waals surface area (Å²) in [5.41, 5.74) is 4.01. The third-order valence-corrected chi connectivity index (χ3v) is 7.52. The van der Waals surface area contributed by atoms with Gasteiger partial charge in [0.05, 0.1) is 12.1 Å². The summed E-state index contributed by atoms with van der Waals surface area (Å²) in [4.78, 5) is 27.5. The first kappa shape index (κ1) is 27.5. The van der Waals surface area contributed by atoms with E-state index < -0.39 is 11.6 Å². The first-order chi connectivity index (χ1) is 19.3. The summed E-state index contributed by atoms with van der Waals surface area (Å²) >= 11 is 0. The number of hydrogen-bond acceptors (Lipinski definition) is 4. The Bertz CT molecular complexity index is 1510. The van der Waals surface area contributed by atoms with E-state index in [-0.39, 0.29) is 11.8 Å². The number of ether oxygens (including phenoxy) is 1. The maximum Gasteiger partial charge on any atom is 0.253 e. The topological polar surface area (TPSA) is 76.5 Å². The van der Waals surface area contributed by atoms with Gasteiger partial charge >= 0.3 is 0 Å². The van der Waals surface area contributed by atoms with Gasteiger partial charge in [0.1, 0.15) is 11.6 Å². The number of halogens is 2. The molecule has 1 fully saturated rings. The van der Waals surface area contributed by atoms with Gasteiger partial charge < -0.3 is 15.0 Å². The van der Waals surface area contributed by atoms with Crippen LogP contribution in [-0.4, -0.2) is 59.8 Å². The molecular weight excluding hydrogens is 514 g/mol. The monoisotopic (exact) mass is 546 g/mol. The molecule has 0 bridgehead atoms. The van der Waals surface area contributed by atoms with Crippen LogP contribution in [0.25, 0.3) is 22.0 Å². The van der Waals surface area contributed by atoms with E-state index in [2.05, 4.69) is 5.32 Å². The zero-order valence-electron chi connectivity index (χ0n) is 22.6. The van der Waals surface area contributed by atoms with Gasteiger partial charge in [0.15, 0.2) is 0 Å². The molecule has 0 unspecified atom stereocenters. The summed E-state index contributed by atoms with van der Waals surface area (Å²) in [5.74, 6) is -1.07. The van der Waals surface area contributed by atoms with Gasteiger partial charge in [-0.25, -0.2) is 8.78 Å². The number of carbonyl (C=O) groups excluding carboxylic acids is 2. The number of likely N-dealkylation sites (tertiary alicyclic amines) is 1. The molecule has 4 aromatic rings. The lowest BCUT2D eigenvalue weighted by Crippen LogP contribution is -2.39. The van der Waals surface area contributed by atoms with Crippen LogP contribution in [-0.2, 0) is 11.3 Å². The van der Waals surface area contributed by atoms with E-state index in [1.165, 1.54) is 12.1 Å². The van der Waals surface area contributed by atoms with Gasteiger partial charge in [0, 0.05) is 62.1 Å². The Hall–Kier alpha value is -4.11. The Morgan fingerprint density at radius 3 is 2.38 bits per heavy atom. The molecule has 1 saturated heterocycles. The summed E-state index contributed by atoms with van der Waals surface area (Å²) in [6, 6.07) is 13.9. The molecule has 0 saturated carbocycles. The predicted molar refractivity (Wildman–Crippen MR) is 149 cm³/mol. The van der Waals surface area contributed by atoms with Crippen LogP contribution in [0.15, 0.2) is 60.8 Å². The highest BCUT2D eigenvalue weighted by molar-refractivity contribution is 6.00. The van der Waals surface area contributed by atoms with Gasteiger partial charge in [-0.15, -0.1) is 0 Å². The number of benzene rings is 3. The molecular formula is C31H32F2N4O3. The van der Waals surface area contributed by atoms with Gasteiger partial charge in [-0.1, -0.05) is 12.1 Å². The van der Waals surface area contributed by atoms with Crippen LogP contribution in [0.1, 0.15) is 39.1 Å². The van der Waals surface area contributed by atoms with Crippen molar-refractivity contribution in [3.63, 3.8) is 0 Å². The average Bonchev–Trinajstić information content (AvgIpc) is 3.36. The molecule has 1 aliphatic heterocycles. The summed E-state index contributed by atoms with van der Waals surface area (Å²) in [6.07, 6.45) is 3.71. The van der Waals surface area contributed by atoms with Crippen LogP contribution < -0.4 is 5.32 Å². The van der Waals surface area contributed by atoms with Crippen LogP contribution >= 0.6 is 0 Å². The molecule has 1 aromatic heterocycles. The lowest BCUT2D eigenvalue weighted by Gasteiger charge is -2.32. The number of rotatable bonds is 8. The standard InChI is InChI=1S/C31H32F2N4O3/c1-20-27(30(38)34-11-14-40-2)7-8-29-28(20)19-37(35-29)18-21-9-12-36(13-10-21)31(39)23-5-3-22(4-6-23)24-15-25(32)17-26(33)16-24/h3-8,15-17,19,21H,9-14,18H2,1-2H3,(H,34,38). The first-order valence-electron chi connectivity index (χ1n) is 13.4. The molecule has 2 amide bonds. The minimum absolute atomic E-state index is 0.0489. The fourth-order valence-electron chi connectivity index (χ4n) is 5.27. The Kier molecular flexibility index (Phi) is 8.21. The van der Waals surface area contributed by atoms with E-state index in [1.807, 2.05) is 34.8 Å². The van der Waals surface area contributed by atoms with Gasteiger partial charge in [0.2, 0.25) is 0 Å².